The molecule has 0 saturated heterocycles. The van der Waals surface area contributed by atoms with Crippen LogP contribution in [0.2, 0.25) is 5.02 Å². The zero-order chi connectivity index (χ0) is 16.8. The summed E-state index contributed by atoms with van der Waals surface area (Å²) in [6.07, 6.45) is 3.62. The number of benzene rings is 2. The number of halogens is 1. The maximum atomic E-state index is 6.01. The van der Waals surface area contributed by atoms with E-state index < -0.39 is 0 Å². The lowest BCUT2D eigenvalue weighted by Gasteiger charge is -2.08. The Bertz CT molecular complexity index is 864. The van der Waals surface area contributed by atoms with E-state index in [1.54, 1.807) is 13.3 Å². The number of aromatic nitrogens is 1. The number of para-hydroxylation sites is 1. The van der Waals surface area contributed by atoms with Gasteiger partial charge >= 0.3 is 0 Å². The molecule has 3 aromatic rings. The summed E-state index contributed by atoms with van der Waals surface area (Å²) in [4.78, 5) is 8.79. The van der Waals surface area contributed by atoms with Gasteiger partial charge in [0.25, 0.3) is 0 Å². The first-order valence-corrected chi connectivity index (χ1v) is 8.07. The van der Waals surface area contributed by atoms with Crippen LogP contribution in [-0.4, -0.2) is 31.4 Å². The van der Waals surface area contributed by atoms with Gasteiger partial charge in [0, 0.05) is 40.6 Å². The number of hydrogen-bond acceptors (Lipinski definition) is 4. The average molecular weight is 340 g/mol. The maximum Gasteiger partial charge on any atom is 0.127 e. The number of nitrogens with one attached hydrogen (secondary N) is 1. The minimum Gasteiger partial charge on any atom is -0.496 e. The van der Waals surface area contributed by atoms with Crippen molar-refractivity contribution >= 4 is 34.4 Å². The quantitative estimate of drug-likeness (QED) is 0.534. The lowest BCUT2D eigenvalue weighted by Crippen LogP contribution is -2.05. The topological polar surface area (TPSA) is 46.5 Å². The predicted molar refractivity (Wildman–Crippen MR) is 101 cm³/mol. The van der Waals surface area contributed by atoms with Crippen molar-refractivity contribution in [2.75, 3.05) is 25.5 Å². The lowest BCUT2D eigenvalue weighted by atomic mass is 10.2. The summed E-state index contributed by atoms with van der Waals surface area (Å²) in [6.45, 7) is 1.39. The van der Waals surface area contributed by atoms with Gasteiger partial charge in [-0.05, 0) is 36.4 Å². The van der Waals surface area contributed by atoms with E-state index in [1.165, 1.54) is 0 Å². The van der Waals surface area contributed by atoms with E-state index >= 15 is 0 Å². The van der Waals surface area contributed by atoms with Gasteiger partial charge in [-0.25, -0.2) is 0 Å². The van der Waals surface area contributed by atoms with Gasteiger partial charge in [0.05, 0.1) is 19.2 Å². The number of fused-ring (bicyclic) bond motifs is 1. The summed E-state index contributed by atoms with van der Waals surface area (Å²) >= 11 is 6.01. The van der Waals surface area contributed by atoms with Gasteiger partial charge in [-0.2, -0.15) is 0 Å². The van der Waals surface area contributed by atoms with Gasteiger partial charge in [0.2, 0.25) is 0 Å². The van der Waals surface area contributed by atoms with Gasteiger partial charge in [-0.3, -0.25) is 9.98 Å². The third-order valence-electron chi connectivity index (χ3n) is 3.63. The van der Waals surface area contributed by atoms with Crippen molar-refractivity contribution in [3.63, 3.8) is 0 Å². The molecule has 0 fully saturated rings. The summed E-state index contributed by atoms with van der Waals surface area (Å²) < 4.78 is 5.30. The van der Waals surface area contributed by atoms with Crippen LogP contribution >= 0.6 is 11.6 Å². The smallest absolute Gasteiger partial charge is 0.127 e. The Morgan fingerprint density at radius 3 is 2.96 bits per heavy atom. The lowest BCUT2D eigenvalue weighted by molar-refractivity contribution is 0.414. The van der Waals surface area contributed by atoms with E-state index in [-0.39, 0.29) is 0 Å². The second-order valence-corrected chi connectivity index (χ2v) is 5.66. The molecule has 0 aliphatic carbocycles. The molecule has 1 N–H and O–H groups in total. The first-order chi connectivity index (χ1) is 11.8. The number of methoxy groups -OCH3 is 1. The second-order valence-electron chi connectivity index (χ2n) is 5.22. The molecule has 3 rings (SSSR count). The number of aliphatic imine (C=N–C) groups is 1. The molecule has 0 atom stereocenters. The normalized spacial score (nSPS) is 11.1. The SMILES string of the molecule is COc1ccccc1C=NCCNc1ccnc2cc(Cl)ccc12. The van der Waals surface area contributed by atoms with E-state index in [1.807, 2.05) is 54.7 Å². The van der Waals surface area contributed by atoms with Crippen molar-refractivity contribution < 1.29 is 4.74 Å². The number of nitrogens with zero attached hydrogens (tertiary/aromatic N) is 2. The molecular formula is C19H18ClN3O. The molecule has 0 unspecified atom stereocenters. The summed E-state index contributed by atoms with van der Waals surface area (Å²) in [7, 11) is 1.66. The van der Waals surface area contributed by atoms with E-state index in [4.69, 9.17) is 16.3 Å². The van der Waals surface area contributed by atoms with Crippen LogP contribution in [0.15, 0.2) is 59.7 Å². The van der Waals surface area contributed by atoms with Crippen molar-refractivity contribution in [2.24, 2.45) is 4.99 Å². The molecule has 0 aliphatic heterocycles. The van der Waals surface area contributed by atoms with Crippen LogP contribution in [0, 0.1) is 0 Å². The molecule has 0 radical (unpaired) electrons. The molecule has 0 saturated carbocycles. The number of anilines is 1. The number of pyridine rings is 1. The highest BCUT2D eigenvalue weighted by atomic mass is 35.5. The van der Waals surface area contributed by atoms with Gasteiger partial charge < -0.3 is 10.1 Å². The average Bonchev–Trinajstić information content (AvgIpc) is 2.61. The molecule has 0 spiro atoms. The number of hydrogen-bond donors (Lipinski definition) is 1. The van der Waals surface area contributed by atoms with Crippen molar-refractivity contribution in [2.45, 2.75) is 0 Å². The van der Waals surface area contributed by atoms with Crippen molar-refractivity contribution in [3.05, 3.63) is 65.3 Å². The van der Waals surface area contributed by atoms with E-state index in [0.717, 1.165) is 34.4 Å². The Hall–Kier alpha value is -2.59. The molecule has 2 aromatic carbocycles. The Morgan fingerprint density at radius 1 is 1.21 bits per heavy atom. The highest BCUT2D eigenvalue weighted by Gasteiger charge is 2.02. The van der Waals surface area contributed by atoms with Gasteiger partial charge in [0.1, 0.15) is 5.75 Å². The van der Waals surface area contributed by atoms with Crippen LogP contribution in [0.5, 0.6) is 5.75 Å². The standard InChI is InChI=1S/C19H18ClN3O/c1-24-19-5-3-2-4-14(19)13-21-10-11-23-17-8-9-22-18-12-15(20)6-7-16(17)18/h2-9,12-13H,10-11H2,1H3,(H,22,23). The zero-order valence-electron chi connectivity index (χ0n) is 13.4. The van der Waals surface area contributed by atoms with Crippen LogP contribution in [0.1, 0.15) is 5.56 Å². The van der Waals surface area contributed by atoms with Crippen LogP contribution in [0.3, 0.4) is 0 Å². The van der Waals surface area contributed by atoms with E-state index in [2.05, 4.69) is 15.3 Å². The number of rotatable bonds is 6. The highest BCUT2D eigenvalue weighted by Crippen LogP contribution is 2.24. The monoisotopic (exact) mass is 339 g/mol. The fourth-order valence-corrected chi connectivity index (χ4v) is 2.63. The summed E-state index contributed by atoms with van der Waals surface area (Å²) in [5.74, 6) is 0.825. The van der Waals surface area contributed by atoms with Crippen LogP contribution < -0.4 is 10.1 Å². The summed E-state index contributed by atoms with van der Waals surface area (Å²) in [5, 5.41) is 5.13. The van der Waals surface area contributed by atoms with E-state index in [9.17, 15) is 0 Å². The molecule has 24 heavy (non-hydrogen) atoms. The first-order valence-electron chi connectivity index (χ1n) is 7.69. The Balaban J connectivity index is 1.62. The molecule has 0 aliphatic rings. The second kappa shape index (κ2) is 7.79. The van der Waals surface area contributed by atoms with E-state index in [0.29, 0.717) is 11.6 Å². The van der Waals surface area contributed by atoms with Gasteiger partial charge in [0.15, 0.2) is 0 Å². The maximum absolute atomic E-state index is 6.01. The Kier molecular flexibility index (Phi) is 5.29. The molecule has 0 bridgehead atoms. The van der Waals surface area contributed by atoms with Crippen molar-refractivity contribution in [3.8, 4) is 5.75 Å². The third-order valence-corrected chi connectivity index (χ3v) is 3.87. The van der Waals surface area contributed by atoms with Crippen molar-refractivity contribution in [1.29, 1.82) is 0 Å². The number of ether oxygens (including phenoxy) is 1. The molecule has 1 aromatic heterocycles. The van der Waals surface area contributed by atoms with Crippen LogP contribution in [0.4, 0.5) is 5.69 Å². The van der Waals surface area contributed by atoms with Crippen LogP contribution in [0.25, 0.3) is 10.9 Å². The fraction of sp³-hybridized carbons (Fsp3) is 0.158. The minimum absolute atomic E-state index is 0.662. The molecule has 122 valence electrons. The molecule has 0 amide bonds. The van der Waals surface area contributed by atoms with Crippen molar-refractivity contribution in [1.82, 2.24) is 4.98 Å². The fourth-order valence-electron chi connectivity index (χ4n) is 2.47. The first kappa shape index (κ1) is 16.3. The Labute approximate surface area is 146 Å². The molecule has 5 heteroatoms. The van der Waals surface area contributed by atoms with Gasteiger partial charge in [-0.15, -0.1) is 0 Å². The third kappa shape index (κ3) is 3.84. The van der Waals surface area contributed by atoms with Crippen LogP contribution in [-0.2, 0) is 0 Å². The minimum atomic E-state index is 0.662. The summed E-state index contributed by atoms with van der Waals surface area (Å²) in [5.41, 5.74) is 2.89. The predicted octanol–water partition coefficient (Wildman–Crippen LogP) is 4.43. The Morgan fingerprint density at radius 2 is 2.08 bits per heavy atom. The molecular weight excluding hydrogens is 322 g/mol. The highest BCUT2D eigenvalue weighted by molar-refractivity contribution is 6.31. The molecule has 4 nitrogen and oxygen atoms in total. The summed E-state index contributed by atoms with van der Waals surface area (Å²) in [6, 6.07) is 15.5. The molecule has 1 heterocycles. The largest absolute Gasteiger partial charge is 0.496 e. The van der Waals surface area contributed by atoms with Gasteiger partial charge in [-0.1, -0.05) is 23.7 Å². The zero-order valence-corrected chi connectivity index (χ0v) is 14.1.